The highest BCUT2D eigenvalue weighted by Gasteiger charge is 2.44. The zero-order chi connectivity index (χ0) is 19.0. The van der Waals surface area contributed by atoms with Crippen LogP contribution < -0.4 is 10.9 Å². The van der Waals surface area contributed by atoms with Crippen molar-refractivity contribution in [1.29, 1.82) is 0 Å². The molecule has 1 aliphatic heterocycles. The predicted molar refractivity (Wildman–Crippen MR) is 89.2 cm³/mol. The fourth-order valence-electron chi connectivity index (χ4n) is 2.86. The lowest BCUT2D eigenvalue weighted by atomic mass is 9.99. The third kappa shape index (κ3) is 3.09. The summed E-state index contributed by atoms with van der Waals surface area (Å²) in [6.07, 6.45) is -1.61. The first-order chi connectivity index (χ1) is 12.4. The summed E-state index contributed by atoms with van der Waals surface area (Å²) in [5, 5.41) is 31.7. The first kappa shape index (κ1) is 18.5. The van der Waals surface area contributed by atoms with Crippen LogP contribution in [0.25, 0.3) is 11.2 Å². The van der Waals surface area contributed by atoms with E-state index in [9.17, 15) is 24.9 Å². The Morgan fingerprint density at radius 2 is 2.15 bits per heavy atom. The largest absolute Gasteiger partial charge is 0.396 e. The Morgan fingerprint density at radius 1 is 1.42 bits per heavy atom. The van der Waals surface area contributed by atoms with Gasteiger partial charge >= 0.3 is 0 Å². The second kappa shape index (κ2) is 7.11. The summed E-state index contributed by atoms with van der Waals surface area (Å²) in [5.41, 5.74) is -0.443. The van der Waals surface area contributed by atoms with Crippen molar-refractivity contribution in [2.75, 3.05) is 18.5 Å². The number of nitrogens with one attached hydrogen (secondary N) is 2. The lowest BCUT2D eigenvalue weighted by Gasteiger charge is -2.17. The number of hydrogen-bond acceptors (Lipinski definition) is 8. The van der Waals surface area contributed by atoms with Gasteiger partial charge in [-0.2, -0.15) is 4.98 Å². The van der Waals surface area contributed by atoms with Crippen molar-refractivity contribution in [3.63, 3.8) is 0 Å². The molecule has 2 aromatic heterocycles. The van der Waals surface area contributed by atoms with Gasteiger partial charge in [-0.15, -0.1) is 0 Å². The van der Waals surface area contributed by atoms with Crippen molar-refractivity contribution in [2.45, 2.75) is 32.3 Å². The Bertz CT molecular complexity index is 862. The van der Waals surface area contributed by atoms with Crippen LogP contribution in [-0.4, -0.2) is 66.2 Å². The summed E-state index contributed by atoms with van der Waals surface area (Å²) in [6.45, 7) is 2.64. The predicted octanol–water partition coefficient (Wildman–Crippen LogP) is -1.43. The van der Waals surface area contributed by atoms with E-state index in [0.29, 0.717) is 0 Å². The third-order valence-electron chi connectivity index (χ3n) is 4.39. The number of rotatable bonds is 5. The fourth-order valence-corrected chi connectivity index (χ4v) is 2.86. The van der Waals surface area contributed by atoms with Crippen LogP contribution in [0.1, 0.15) is 20.1 Å². The molecule has 0 unspecified atom stereocenters. The number of carbonyl (C=O) groups is 1. The summed E-state index contributed by atoms with van der Waals surface area (Å²) in [7, 11) is 0. The lowest BCUT2D eigenvalue weighted by Crippen LogP contribution is -2.30. The smallest absolute Gasteiger partial charge is 0.280 e. The van der Waals surface area contributed by atoms with Crippen LogP contribution in [0.5, 0.6) is 0 Å². The molecule has 0 radical (unpaired) electrons. The van der Waals surface area contributed by atoms with Crippen LogP contribution in [0.2, 0.25) is 0 Å². The van der Waals surface area contributed by atoms with Crippen LogP contribution in [0, 0.1) is 11.8 Å². The molecule has 5 N–H and O–H groups in total. The number of aromatic amines is 1. The Hall–Kier alpha value is -2.34. The van der Waals surface area contributed by atoms with E-state index >= 15 is 0 Å². The molecule has 1 saturated heterocycles. The number of aliphatic hydroxyl groups excluding tert-OH is 3. The third-order valence-corrected chi connectivity index (χ3v) is 4.39. The minimum Gasteiger partial charge on any atom is -0.396 e. The Morgan fingerprint density at radius 3 is 2.73 bits per heavy atom. The molecule has 142 valence electrons. The number of nitrogens with zero attached hydrogens (tertiary/aromatic N) is 3. The number of aromatic nitrogens is 4. The molecule has 0 aromatic carbocycles. The molecule has 0 bridgehead atoms. The van der Waals surface area contributed by atoms with E-state index < -0.39 is 29.9 Å². The molecule has 2 aromatic rings. The summed E-state index contributed by atoms with van der Waals surface area (Å²) in [5.74, 6) is -1.37. The van der Waals surface area contributed by atoms with E-state index in [1.54, 1.807) is 13.8 Å². The van der Waals surface area contributed by atoms with Crippen LogP contribution in [0.4, 0.5) is 5.95 Å². The van der Waals surface area contributed by atoms with Crippen molar-refractivity contribution in [1.82, 2.24) is 19.5 Å². The zero-order valence-electron chi connectivity index (χ0n) is 14.3. The average molecular weight is 367 g/mol. The lowest BCUT2D eigenvalue weighted by molar-refractivity contribution is -0.118. The zero-order valence-corrected chi connectivity index (χ0v) is 14.3. The average Bonchev–Trinajstić information content (AvgIpc) is 3.15. The highest BCUT2D eigenvalue weighted by molar-refractivity contribution is 5.91. The molecule has 3 heterocycles. The molecule has 0 spiro atoms. The molecule has 0 saturated carbocycles. The molecule has 3 rings (SSSR count). The van der Waals surface area contributed by atoms with E-state index in [2.05, 4.69) is 20.3 Å². The number of hydrogen-bond donors (Lipinski definition) is 5. The van der Waals surface area contributed by atoms with Gasteiger partial charge < -0.3 is 20.1 Å². The monoisotopic (exact) mass is 367 g/mol. The number of imidazole rings is 1. The molecule has 4 atom stereocenters. The van der Waals surface area contributed by atoms with Crippen molar-refractivity contribution < 1.29 is 24.9 Å². The quantitative estimate of drug-likeness (QED) is 0.430. The van der Waals surface area contributed by atoms with E-state index in [0.717, 1.165) is 0 Å². The number of aliphatic hydroxyl groups is 3. The highest BCUT2D eigenvalue weighted by Crippen LogP contribution is 2.34. The number of H-pyrrole nitrogens is 1. The first-order valence-corrected chi connectivity index (χ1v) is 8.20. The van der Waals surface area contributed by atoms with Gasteiger partial charge in [0.05, 0.1) is 25.6 Å². The van der Waals surface area contributed by atoms with E-state index in [-0.39, 0.29) is 42.2 Å². The summed E-state index contributed by atoms with van der Waals surface area (Å²) in [6, 6.07) is 0. The summed E-state index contributed by atoms with van der Waals surface area (Å²) >= 11 is 0. The maximum atomic E-state index is 12.2. The van der Waals surface area contributed by atoms with Gasteiger partial charge in [0.15, 0.2) is 17.4 Å². The highest BCUT2D eigenvalue weighted by atomic mass is 16.5. The van der Waals surface area contributed by atoms with Crippen LogP contribution in [0.3, 0.4) is 0 Å². The fraction of sp³-hybridized carbons (Fsp3) is 0.600. The van der Waals surface area contributed by atoms with Crippen molar-refractivity contribution >= 4 is 23.0 Å². The van der Waals surface area contributed by atoms with Crippen LogP contribution in [0.15, 0.2) is 11.1 Å². The molecule has 11 nitrogen and oxygen atoms in total. The van der Waals surface area contributed by atoms with Crippen molar-refractivity contribution in [3.05, 3.63) is 16.7 Å². The van der Waals surface area contributed by atoms with Crippen LogP contribution >= 0.6 is 0 Å². The van der Waals surface area contributed by atoms with Gasteiger partial charge in [-0.25, -0.2) is 4.98 Å². The van der Waals surface area contributed by atoms with Gasteiger partial charge in [-0.05, 0) is 0 Å². The minimum atomic E-state index is -1.13. The van der Waals surface area contributed by atoms with Gasteiger partial charge in [0.25, 0.3) is 5.56 Å². The minimum absolute atomic E-state index is 0.0105. The normalized spacial score (nSPS) is 25.9. The maximum Gasteiger partial charge on any atom is 0.280 e. The van der Waals surface area contributed by atoms with Gasteiger partial charge in [0, 0.05) is 11.8 Å². The molecule has 11 heteroatoms. The van der Waals surface area contributed by atoms with Gasteiger partial charge in [0.1, 0.15) is 6.10 Å². The Kier molecular flexibility index (Phi) is 5.05. The van der Waals surface area contributed by atoms with Gasteiger partial charge in [-0.1, -0.05) is 13.8 Å². The van der Waals surface area contributed by atoms with Gasteiger partial charge in [0.2, 0.25) is 11.9 Å². The number of carbonyl (C=O) groups excluding carboxylic acids is 1. The molecule has 1 fully saturated rings. The number of ether oxygens (including phenoxy) is 1. The van der Waals surface area contributed by atoms with Gasteiger partial charge in [-0.3, -0.25) is 24.5 Å². The number of amides is 1. The molecule has 26 heavy (non-hydrogen) atoms. The molecular weight excluding hydrogens is 346 g/mol. The molecule has 1 aliphatic rings. The van der Waals surface area contributed by atoms with E-state index in [1.807, 2.05) is 0 Å². The summed E-state index contributed by atoms with van der Waals surface area (Å²) < 4.78 is 6.95. The molecule has 1 amide bonds. The van der Waals surface area contributed by atoms with E-state index in [4.69, 9.17) is 4.74 Å². The Balaban J connectivity index is 2.01. The standard InChI is InChI=1S/C15H21N5O6/c1-6(2)12(24)18-15-17-11-9(13(25)19-15)16-5-20(11)14-10(23)7(3-21)8(4-22)26-14/h5-8,10,14,21-23H,3-4H2,1-2H3,(H2,17,18,19,24,25)/t7-,8-,10-,14-/m1/s1. The SMILES string of the molecule is CC(C)C(=O)Nc1nc2c(ncn2[C@@H]2O[C@H](CO)[C@@H](CO)[C@H]2O)c(=O)[nH]1. The second-order valence-corrected chi connectivity index (χ2v) is 6.47. The number of fused-ring (bicyclic) bond motifs is 1. The summed E-state index contributed by atoms with van der Waals surface area (Å²) in [4.78, 5) is 34.6. The topological polar surface area (TPSA) is 163 Å². The van der Waals surface area contributed by atoms with Crippen LogP contribution in [-0.2, 0) is 9.53 Å². The number of anilines is 1. The first-order valence-electron chi connectivity index (χ1n) is 8.20. The maximum absolute atomic E-state index is 12.2. The molecular formula is C15H21N5O6. The Labute approximate surface area is 147 Å². The molecule has 0 aliphatic carbocycles. The van der Waals surface area contributed by atoms with Crippen molar-refractivity contribution in [2.24, 2.45) is 11.8 Å². The van der Waals surface area contributed by atoms with Crippen molar-refractivity contribution in [3.8, 4) is 0 Å². The van der Waals surface area contributed by atoms with E-state index in [1.165, 1.54) is 10.9 Å². The second-order valence-electron chi connectivity index (χ2n) is 6.47.